The van der Waals surface area contributed by atoms with Crippen molar-refractivity contribution in [3.05, 3.63) is 29.6 Å². The van der Waals surface area contributed by atoms with Gasteiger partial charge >= 0.3 is 0 Å². The van der Waals surface area contributed by atoms with Crippen molar-refractivity contribution in [2.45, 2.75) is 31.8 Å². The van der Waals surface area contributed by atoms with Gasteiger partial charge in [0.15, 0.2) is 0 Å². The van der Waals surface area contributed by atoms with Crippen LogP contribution in [0, 0.1) is 0 Å². The number of hydrogen-bond donors (Lipinski definition) is 2. The molecule has 1 fully saturated rings. The Hall–Kier alpha value is -1.46. The van der Waals surface area contributed by atoms with E-state index in [1.165, 1.54) is 19.3 Å². The van der Waals surface area contributed by atoms with E-state index in [2.05, 4.69) is 9.88 Å². The maximum atomic E-state index is 11.3. The lowest BCUT2D eigenvalue weighted by atomic mass is 10.1. The maximum absolute atomic E-state index is 11.3. The standard InChI is InChI=1S/C14H21N3O2/c15-14(19)12-5-4-6-16-13(12)9-11(18)10-17-7-2-1-3-8-17/h4-6,11,18H,1-3,7-10H2,(H2,15,19). The van der Waals surface area contributed by atoms with Gasteiger partial charge in [-0.25, -0.2) is 0 Å². The smallest absolute Gasteiger partial charge is 0.250 e. The number of rotatable bonds is 5. The van der Waals surface area contributed by atoms with Crippen molar-refractivity contribution in [3.8, 4) is 0 Å². The zero-order valence-electron chi connectivity index (χ0n) is 11.1. The average Bonchev–Trinajstić information content (AvgIpc) is 2.40. The second-order valence-corrected chi connectivity index (χ2v) is 5.08. The Morgan fingerprint density at radius 2 is 2.16 bits per heavy atom. The second kappa shape index (κ2) is 6.63. The summed E-state index contributed by atoms with van der Waals surface area (Å²) in [6.07, 6.45) is 5.15. The summed E-state index contributed by atoms with van der Waals surface area (Å²) in [5.41, 5.74) is 6.29. The molecule has 19 heavy (non-hydrogen) atoms. The van der Waals surface area contributed by atoms with E-state index in [9.17, 15) is 9.90 Å². The third kappa shape index (κ3) is 4.01. The molecule has 5 nitrogen and oxygen atoms in total. The molecule has 0 spiro atoms. The van der Waals surface area contributed by atoms with E-state index in [1.807, 2.05) is 0 Å². The molecule has 1 unspecified atom stereocenters. The Morgan fingerprint density at radius 3 is 2.84 bits per heavy atom. The van der Waals surface area contributed by atoms with Gasteiger partial charge in [0, 0.05) is 19.2 Å². The first kappa shape index (κ1) is 14.0. The number of β-amino-alcohol motifs (C(OH)–C–C–N with tert-alkyl or cyclic N) is 1. The molecule has 1 aromatic rings. The number of hydrogen-bond acceptors (Lipinski definition) is 4. The largest absolute Gasteiger partial charge is 0.391 e. The Bertz CT molecular complexity index is 430. The molecule has 2 rings (SSSR count). The molecule has 0 aromatic carbocycles. The van der Waals surface area contributed by atoms with Crippen LogP contribution in [0.2, 0.25) is 0 Å². The summed E-state index contributed by atoms with van der Waals surface area (Å²) in [6.45, 7) is 2.72. The molecule has 1 saturated heterocycles. The van der Waals surface area contributed by atoms with E-state index in [4.69, 9.17) is 5.73 Å². The van der Waals surface area contributed by atoms with E-state index >= 15 is 0 Å². The molecule has 1 amide bonds. The quantitative estimate of drug-likeness (QED) is 0.814. The number of likely N-dealkylation sites (tertiary alicyclic amines) is 1. The first-order chi connectivity index (χ1) is 9.16. The molecule has 1 aromatic heterocycles. The average molecular weight is 263 g/mol. The Balaban J connectivity index is 1.94. The molecule has 1 aliphatic rings. The summed E-state index contributed by atoms with van der Waals surface area (Å²) in [7, 11) is 0. The number of amides is 1. The van der Waals surface area contributed by atoms with Crippen molar-refractivity contribution < 1.29 is 9.90 Å². The van der Waals surface area contributed by atoms with E-state index in [0.29, 0.717) is 24.2 Å². The topological polar surface area (TPSA) is 79.5 Å². The monoisotopic (exact) mass is 263 g/mol. The highest BCUT2D eigenvalue weighted by Gasteiger charge is 2.17. The van der Waals surface area contributed by atoms with Crippen LogP contribution in [0.1, 0.15) is 35.3 Å². The first-order valence-corrected chi connectivity index (χ1v) is 6.81. The zero-order chi connectivity index (χ0) is 13.7. The molecule has 0 bridgehead atoms. The van der Waals surface area contributed by atoms with Crippen molar-refractivity contribution in [2.24, 2.45) is 5.73 Å². The molecule has 2 heterocycles. The zero-order valence-corrected chi connectivity index (χ0v) is 11.1. The van der Waals surface area contributed by atoms with E-state index in [0.717, 1.165) is 13.1 Å². The molecule has 3 N–H and O–H groups in total. The number of nitrogens with two attached hydrogens (primary N) is 1. The molecular formula is C14H21N3O2. The van der Waals surface area contributed by atoms with Gasteiger partial charge in [-0.3, -0.25) is 9.78 Å². The minimum atomic E-state index is -0.508. The van der Waals surface area contributed by atoms with Crippen LogP contribution in [0.5, 0.6) is 0 Å². The summed E-state index contributed by atoms with van der Waals surface area (Å²) < 4.78 is 0. The van der Waals surface area contributed by atoms with E-state index in [1.54, 1.807) is 18.3 Å². The van der Waals surface area contributed by atoms with Crippen molar-refractivity contribution in [1.29, 1.82) is 0 Å². The predicted octanol–water partition coefficient (Wildman–Crippen LogP) is 0.570. The maximum Gasteiger partial charge on any atom is 0.250 e. The van der Waals surface area contributed by atoms with Crippen LogP contribution in [0.15, 0.2) is 18.3 Å². The Kier molecular flexibility index (Phi) is 4.87. The highest BCUT2D eigenvalue weighted by atomic mass is 16.3. The number of piperidine rings is 1. The van der Waals surface area contributed by atoms with Crippen LogP contribution in [0.4, 0.5) is 0 Å². The number of aliphatic hydroxyl groups is 1. The number of pyridine rings is 1. The number of carbonyl (C=O) groups excluding carboxylic acids is 1. The lowest BCUT2D eigenvalue weighted by Crippen LogP contribution is -2.37. The minimum Gasteiger partial charge on any atom is -0.391 e. The van der Waals surface area contributed by atoms with Gasteiger partial charge in [-0.2, -0.15) is 0 Å². The molecule has 0 radical (unpaired) electrons. The Morgan fingerprint density at radius 1 is 1.42 bits per heavy atom. The SMILES string of the molecule is NC(=O)c1cccnc1CC(O)CN1CCCCC1. The summed E-state index contributed by atoms with van der Waals surface area (Å²) in [5, 5.41) is 10.1. The van der Waals surface area contributed by atoms with Gasteiger partial charge in [-0.1, -0.05) is 6.42 Å². The van der Waals surface area contributed by atoms with Gasteiger partial charge in [0.25, 0.3) is 5.91 Å². The van der Waals surface area contributed by atoms with Crippen molar-refractivity contribution >= 4 is 5.91 Å². The van der Waals surface area contributed by atoms with Crippen molar-refractivity contribution in [3.63, 3.8) is 0 Å². The lowest BCUT2D eigenvalue weighted by Gasteiger charge is -2.28. The molecule has 104 valence electrons. The van der Waals surface area contributed by atoms with Crippen LogP contribution in [-0.4, -0.2) is 46.6 Å². The highest BCUT2D eigenvalue weighted by molar-refractivity contribution is 5.93. The third-order valence-electron chi connectivity index (χ3n) is 3.50. The van der Waals surface area contributed by atoms with Crippen LogP contribution in [-0.2, 0) is 6.42 Å². The summed E-state index contributed by atoms with van der Waals surface area (Å²) in [5.74, 6) is -0.492. The second-order valence-electron chi connectivity index (χ2n) is 5.08. The number of aliphatic hydroxyl groups excluding tert-OH is 1. The summed E-state index contributed by atoms with van der Waals surface area (Å²) >= 11 is 0. The van der Waals surface area contributed by atoms with Crippen molar-refractivity contribution in [2.75, 3.05) is 19.6 Å². The van der Waals surface area contributed by atoms with Gasteiger partial charge in [0.1, 0.15) is 0 Å². The van der Waals surface area contributed by atoms with Gasteiger partial charge in [0.2, 0.25) is 0 Å². The number of aromatic nitrogens is 1. The molecule has 0 saturated carbocycles. The first-order valence-electron chi connectivity index (χ1n) is 6.81. The van der Waals surface area contributed by atoms with Crippen LogP contribution >= 0.6 is 0 Å². The lowest BCUT2D eigenvalue weighted by molar-refractivity contribution is 0.0975. The normalized spacial score (nSPS) is 18.2. The molecule has 1 atom stereocenters. The number of nitrogens with zero attached hydrogens (tertiary/aromatic N) is 2. The van der Waals surface area contributed by atoms with Gasteiger partial charge in [-0.05, 0) is 38.1 Å². The molecular weight excluding hydrogens is 242 g/mol. The summed E-state index contributed by atoms with van der Waals surface area (Å²) in [6, 6.07) is 3.33. The van der Waals surface area contributed by atoms with Gasteiger partial charge in [-0.15, -0.1) is 0 Å². The molecule has 0 aliphatic carbocycles. The predicted molar refractivity (Wildman–Crippen MR) is 72.8 cm³/mol. The highest BCUT2D eigenvalue weighted by Crippen LogP contribution is 2.12. The molecule has 1 aliphatic heterocycles. The fourth-order valence-electron chi connectivity index (χ4n) is 2.55. The summed E-state index contributed by atoms with van der Waals surface area (Å²) in [4.78, 5) is 17.7. The van der Waals surface area contributed by atoms with Crippen LogP contribution < -0.4 is 5.73 Å². The van der Waals surface area contributed by atoms with Crippen LogP contribution in [0.25, 0.3) is 0 Å². The van der Waals surface area contributed by atoms with E-state index in [-0.39, 0.29) is 0 Å². The molecule has 5 heteroatoms. The number of carbonyl (C=O) groups is 1. The fraction of sp³-hybridized carbons (Fsp3) is 0.571. The van der Waals surface area contributed by atoms with Gasteiger partial charge < -0.3 is 15.7 Å². The number of primary amides is 1. The van der Waals surface area contributed by atoms with E-state index < -0.39 is 12.0 Å². The van der Waals surface area contributed by atoms with Crippen LogP contribution in [0.3, 0.4) is 0 Å². The van der Waals surface area contributed by atoms with Crippen molar-refractivity contribution in [1.82, 2.24) is 9.88 Å². The van der Waals surface area contributed by atoms with Gasteiger partial charge in [0.05, 0.1) is 17.4 Å². The minimum absolute atomic E-state index is 0.371. The fourth-order valence-corrected chi connectivity index (χ4v) is 2.55. The third-order valence-corrected chi connectivity index (χ3v) is 3.50. The Labute approximate surface area is 113 Å².